The Bertz CT molecular complexity index is 534. The molecule has 0 bridgehead atoms. The van der Waals surface area contributed by atoms with Crippen molar-refractivity contribution in [1.82, 2.24) is 19.6 Å². The van der Waals surface area contributed by atoms with E-state index in [0.717, 1.165) is 11.3 Å². The Labute approximate surface area is 92.1 Å². The zero-order chi connectivity index (χ0) is 11.9. The minimum absolute atomic E-state index is 0.189. The molecule has 0 aliphatic heterocycles. The summed E-state index contributed by atoms with van der Waals surface area (Å²) in [7, 11) is 3.50. The van der Waals surface area contributed by atoms with Crippen LogP contribution in [0.5, 0.6) is 0 Å². The first-order valence-corrected chi connectivity index (χ1v) is 4.76. The second-order valence-electron chi connectivity index (χ2n) is 3.64. The third-order valence-electron chi connectivity index (χ3n) is 2.52. The van der Waals surface area contributed by atoms with E-state index in [1.54, 1.807) is 29.7 Å². The van der Waals surface area contributed by atoms with E-state index in [1.807, 2.05) is 6.92 Å². The van der Waals surface area contributed by atoms with Crippen LogP contribution in [0.4, 0.5) is 0 Å². The Morgan fingerprint density at radius 1 is 1.19 bits per heavy atom. The fraction of sp³-hybridized carbons (Fsp3) is 0.300. The average Bonchev–Trinajstić information content (AvgIpc) is 2.71. The van der Waals surface area contributed by atoms with Crippen LogP contribution in [0.15, 0.2) is 12.4 Å². The van der Waals surface area contributed by atoms with Crippen LogP contribution in [0.25, 0.3) is 11.4 Å². The Morgan fingerprint density at radius 2 is 1.75 bits per heavy atom. The number of hydrogen-bond acceptors (Lipinski definition) is 3. The molecule has 84 valence electrons. The van der Waals surface area contributed by atoms with Gasteiger partial charge in [0.15, 0.2) is 0 Å². The highest BCUT2D eigenvalue weighted by Crippen LogP contribution is 2.25. The molecule has 2 heterocycles. The van der Waals surface area contributed by atoms with Crippen molar-refractivity contribution < 1.29 is 9.90 Å². The molecule has 0 saturated carbocycles. The van der Waals surface area contributed by atoms with Crippen molar-refractivity contribution in [3.8, 4) is 11.4 Å². The first-order valence-electron chi connectivity index (χ1n) is 4.76. The first-order chi connectivity index (χ1) is 7.52. The van der Waals surface area contributed by atoms with E-state index >= 15 is 0 Å². The second kappa shape index (κ2) is 3.48. The van der Waals surface area contributed by atoms with Crippen molar-refractivity contribution in [2.24, 2.45) is 14.1 Å². The summed E-state index contributed by atoms with van der Waals surface area (Å²) in [6.45, 7) is 1.89. The fourth-order valence-corrected chi connectivity index (χ4v) is 1.76. The van der Waals surface area contributed by atoms with Crippen LogP contribution in [-0.2, 0) is 14.1 Å². The highest BCUT2D eigenvalue weighted by atomic mass is 16.4. The highest BCUT2D eigenvalue weighted by Gasteiger charge is 2.20. The first kappa shape index (κ1) is 10.4. The van der Waals surface area contributed by atoms with Gasteiger partial charge in [-0.05, 0) is 12.5 Å². The SMILES string of the molecule is Cc1cnn(C)c1-c1c(C(=O)O)cnn1C. The molecule has 2 aromatic rings. The van der Waals surface area contributed by atoms with Gasteiger partial charge < -0.3 is 5.11 Å². The summed E-state index contributed by atoms with van der Waals surface area (Å²) in [6.07, 6.45) is 3.05. The van der Waals surface area contributed by atoms with Gasteiger partial charge >= 0.3 is 5.97 Å². The minimum Gasteiger partial charge on any atom is -0.478 e. The number of carboxylic acid groups (broad SMARTS) is 1. The van der Waals surface area contributed by atoms with Crippen molar-refractivity contribution in [3.63, 3.8) is 0 Å². The normalized spacial score (nSPS) is 10.7. The Morgan fingerprint density at radius 3 is 2.25 bits per heavy atom. The summed E-state index contributed by atoms with van der Waals surface area (Å²) < 4.78 is 3.20. The number of carbonyl (C=O) groups is 1. The molecular weight excluding hydrogens is 208 g/mol. The molecule has 0 unspecified atom stereocenters. The van der Waals surface area contributed by atoms with Crippen LogP contribution in [0.1, 0.15) is 15.9 Å². The van der Waals surface area contributed by atoms with E-state index in [0.29, 0.717) is 5.69 Å². The number of aromatic nitrogens is 4. The molecule has 6 nitrogen and oxygen atoms in total. The Balaban J connectivity index is 2.73. The van der Waals surface area contributed by atoms with Crippen LogP contribution in [0.2, 0.25) is 0 Å². The van der Waals surface area contributed by atoms with E-state index in [1.165, 1.54) is 6.20 Å². The molecule has 0 saturated heterocycles. The monoisotopic (exact) mass is 220 g/mol. The summed E-state index contributed by atoms with van der Waals surface area (Å²) in [5.74, 6) is -0.983. The molecule has 16 heavy (non-hydrogen) atoms. The molecule has 0 aromatic carbocycles. The molecule has 0 atom stereocenters. The number of nitrogens with zero attached hydrogens (tertiary/aromatic N) is 4. The van der Waals surface area contributed by atoms with Gasteiger partial charge in [-0.1, -0.05) is 0 Å². The number of hydrogen-bond donors (Lipinski definition) is 1. The third kappa shape index (κ3) is 1.39. The lowest BCUT2D eigenvalue weighted by Gasteiger charge is -2.05. The van der Waals surface area contributed by atoms with Crippen LogP contribution in [0, 0.1) is 6.92 Å². The maximum absolute atomic E-state index is 11.1. The number of aromatic carboxylic acids is 1. The molecule has 6 heteroatoms. The lowest BCUT2D eigenvalue weighted by Crippen LogP contribution is -2.05. The van der Waals surface area contributed by atoms with Gasteiger partial charge in [0, 0.05) is 14.1 Å². The lowest BCUT2D eigenvalue weighted by atomic mass is 10.1. The zero-order valence-electron chi connectivity index (χ0n) is 9.30. The second-order valence-corrected chi connectivity index (χ2v) is 3.64. The molecule has 0 spiro atoms. The molecule has 0 amide bonds. The van der Waals surface area contributed by atoms with Gasteiger partial charge in [-0.15, -0.1) is 0 Å². The van der Waals surface area contributed by atoms with Gasteiger partial charge in [0.05, 0.1) is 18.1 Å². The van der Waals surface area contributed by atoms with Gasteiger partial charge in [-0.2, -0.15) is 10.2 Å². The topological polar surface area (TPSA) is 72.9 Å². The van der Waals surface area contributed by atoms with E-state index in [4.69, 9.17) is 5.11 Å². The average molecular weight is 220 g/mol. The van der Waals surface area contributed by atoms with Gasteiger partial charge in [0.25, 0.3) is 0 Å². The van der Waals surface area contributed by atoms with Gasteiger partial charge in [0.2, 0.25) is 0 Å². The molecule has 1 N–H and O–H groups in total. The molecule has 0 radical (unpaired) electrons. The standard InChI is InChI=1S/C10H12N4O2/c1-6-4-11-13(2)8(6)9-7(10(15)16)5-12-14(9)3/h4-5H,1-3H3,(H,15,16). The van der Waals surface area contributed by atoms with Crippen molar-refractivity contribution in [3.05, 3.63) is 23.5 Å². The molecule has 0 fully saturated rings. The fourth-order valence-electron chi connectivity index (χ4n) is 1.76. The maximum Gasteiger partial charge on any atom is 0.339 e. The smallest absolute Gasteiger partial charge is 0.339 e. The number of aryl methyl sites for hydroxylation is 3. The number of carboxylic acids is 1. The predicted molar refractivity (Wildman–Crippen MR) is 57.1 cm³/mol. The molecule has 0 aliphatic rings. The quantitative estimate of drug-likeness (QED) is 0.813. The van der Waals surface area contributed by atoms with Crippen LogP contribution < -0.4 is 0 Å². The molecular formula is C10H12N4O2. The maximum atomic E-state index is 11.1. The molecule has 0 aliphatic carbocycles. The van der Waals surface area contributed by atoms with Crippen LogP contribution >= 0.6 is 0 Å². The summed E-state index contributed by atoms with van der Waals surface area (Å²) in [5, 5.41) is 17.1. The lowest BCUT2D eigenvalue weighted by molar-refractivity contribution is 0.0697. The summed E-state index contributed by atoms with van der Waals surface area (Å²) in [4.78, 5) is 11.1. The third-order valence-corrected chi connectivity index (χ3v) is 2.52. The largest absolute Gasteiger partial charge is 0.478 e. The summed E-state index contributed by atoms with van der Waals surface area (Å²) in [6, 6.07) is 0. The summed E-state index contributed by atoms with van der Waals surface area (Å²) in [5.41, 5.74) is 2.46. The predicted octanol–water partition coefficient (Wildman–Crippen LogP) is 0.827. The summed E-state index contributed by atoms with van der Waals surface area (Å²) >= 11 is 0. The Hall–Kier alpha value is -2.11. The number of rotatable bonds is 2. The van der Waals surface area contributed by atoms with Gasteiger partial charge in [0.1, 0.15) is 11.3 Å². The van der Waals surface area contributed by atoms with E-state index in [9.17, 15) is 4.79 Å². The van der Waals surface area contributed by atoms with E-state index < -0.39 is 5.97 Å². The van der Waals surface area contributed by atoms with Crippen molar-refractivity contribution in [1.29, 1.82) is 0 Å². The van der Waals surface area contributed by atoms with E-state index in [2.05, 4.69) is 10.2 Å². The van der Waals surface area contributed by atoms with E-state index in [-0.39, 0.29) is 5.56 Å². The van der Waals surface area contributed by atoms with Crippen molar-refractivity contribution in [2.75, 3.05) is 0 Å². The van der Waals surface area contributed by atoms with Crippen molar-refractivity contribution >= 4 is 5.97 Å². The van der Waals surface area contributed by atoms with Crippen LogP contribution in [0.3, 0.4) is 0 Å². The van der Waals surface area contributed by atoms with Crippen LogP contribution in [-0.4, -0.2) is 30.6 Å². The highest BCUT2D eigenvalue weighted by molar-refractivity contribution is 5.94. The Kier molecular flexibility index (Phi) is 2.26. The molecule has 2 aromatic heterocycles. The minimum atomic E-state index is -0.983. The molecule has 2 rings (SSSR count). The zero-order valence-corrected chi connectivity index (χ0v) is 9.30. The van der Waals surface area contributed by atoms with Gasteiger partial charge in [-0.3, -0.25) is 9.36 Å². The van der Waals surface area contributed by atoms with Gasteiger partial charge in [-0.25, -0.2) is 4.79 Å². The van der Waals surface area contributed by atoms with Crippen molar-refractivity contribution in [2.45, 2.75) is 6.92 Å².